The molecule has 3 nitrogen and oxygen atoms in total. The van der Waals surface area contributed by atoms with Crippen LogP contribution in [0, 0.1) is 0 Å². The smallest absolute Gasteiger partial charge is 0.143 e. The van der Waals surface area contributed by atoms with E-state index in [2.05, 4.69) is 43.9 Å². The number of benzene rings is 1. The van der Waals surface area contributed by atoms with Crippen molar-refractivity contribution in [2.24, 2.45) is 5.73 Å². The van der Waals surface area contributed by atoms with Crippen molar-refractivity contribution >= 4 is 5.69 Å². The second-order valence-electron chi connectivity index (χ2n) is 5.23. The summed E-state index contributed by atoms with van der Waals surface area (Å²) in [7, 11) is 0. The Kier molecular flexibility index (Phi) is 4.12. The molecule has 1 aromatic rings. The molecule has 0 aromatic heterocycles. The maximum absolute atomic E-state index is 6.02. The third-order valence-electron chi connectivity index (χ3n) is 3.54. The van der Waals surface area contributed by atoms with Gasteiger partial charge in [-0.15, -0.1) is 0 Å². The molecule has 2 rings (SSSR count). The SMILES string of the molecule is CCC1CN(C(C)C)c2cc(CCN)ccc2O1. The minimum atomic E-state index is 0.306. The van der Waals surface area contributed by atoms with Crippen LogP contribution in [-0.2, 0) is 6.42 Å². The lowest BCUT2D eigenvalue weighted by Gasteiger charge is -2.39. The van der Waals surface area contributed by atoms with Crippen molar-refractivity contribution in [3.63, 3.8) is 0 Å². The topological polar surface area (TPSA) is 38.5 Å². The number of rotatable bonds is 4. The highest BCUT2D eigenvalue weighted by molar-refractivity contribution is 5.62. The molecule has 0 saturated heterocycles. The minimum Gasteiger partial charge on any atom is -0.486 e. The van der Waals surface area contributed by atoms with Crippen LogP contribution in [0.1, 0.15) is 32.8 Å². The molecule has 0 saturated carbocycles. The van der Waals surface area contributed by atoms with Crippen LogP contribution in [0.25, 0.3) is 0 Å². The summed E-state index contributed by atoms with van der Waals surface area (Å²) in [5.74, 6) is 1.02. The Labute approximate surface area is 110 Å². The number of fused-ring (bicyclic) bond motifs is 1. The van der Waals surface area contributed by atoms with E-state index in [-0.39, 0.29) is 0 Å². The van der Waals surface area contributed by atoms with E-state index in [9.17, 15) is 0 Å². The molecule has 1 unspecified atom stereocenters. The molecule has 0 radical (unpaired) electrons. The third-order valence-corrected chi connectivity index (χ3v) is 3.54. The van der Waals surface area contributed by atoms with Crippen LogP contribution in [0.4, 0.5) is 5.69 Å². The van der Waals surface area contributed by atoms with Crippen LogP contribution in [0.3, 0.4) is 0 Å². The van der Waals surface area contributed by atoms with E-state index in [0.717, 1.165) is 25.1 Å². The maximum Gasteiger partial charge on any atom is 0.143 e. The van der Waals surface area contributed by atoms with Crippen LogP contribution < -0.4 is 15.4 Å². The third kappa shape index (κ3) is 2.61. The molecule has 1 atom stereocenters. The molecule has 1 aliphatic rings. The number of nitrogens with zero attached hydrogens (tertiary/aromatic N) is 1. The summed E-state index contributed by atoms with van der Waals surface area (Å²) in [6.07, 6.45) is 2.28. The molecule has 0 bridgehead atoms. The standard InChI is InChI=1S/C15H24N2O/c1-4-13-10-17(11(2)3)14-9-12(7-8-16)5-6-15(14)18-13/h5-6,9,11,13H,4,7-8,10,16H2,1-3H3. The predicted molar refractivity (Wildman–Crippen MR) is 76.4 cm³/mol. The molecule has 0 spiro atoms. The van der Waals surface area contributed by atoms with E-state index >= 15 is 0 Å². The molecule has 1 aromatic carbocycles. The first kappa shape index (κ1) is 13.2. The molecule has 0 fully saturated rings. The average Bonchev–Trinajstić information content (AvgIpc) is 2.37. The Morgan fingerprint density at radius 3 is 2.83 bits per heavy atom. The number of hydrogen-bond acceptors (Lipinski definition) is 3. The number of ether oxygens (including phenoxy) is 1. The quantitative estimate of drug-likeness (QED) is 0.890. The van der Waals surface area contributed by atoms with Crippen molar-refractivity contribution in [2.75, 3.05) is 18.0 Å². The first-order valence-electron chi connectivity index (χ1n) is 6.92. The molecule has 3 heteroatoms. The van der Waals surface area contributed by atoms with Crippen LogP contribution in [0.2, 0.25) is 0 Å². The van der Waals surface area contributed by atoms with Gasteiger partial charge in [0.05, 0.1) is 12.2 Å². The van der Waals surface area contributed by atoms with Gasteiger partial charge in [0.1, 0.15) is 11.9 Å². The Balaban J connectivity index is 2.33. The Hall–Kier alpha value is -1.22. The maximum atomic E-state index is 6.02. The lowest BCUT2D eigenvalue weighted by atomic mass is 10.1. The zero-order valence-corrected chi connectivity index (χ0v) is 11.6. The first-order valence-corrected chi connectivity index (χ1v) is 6.92. The molecule has 0 aliphatic carbocycles. The van der Waals surface area contributed by atoms with E-state index < -0.39 is 0 Å². The Morgan fingerprint density at radius 2 is 2.22 bits per heavy atom. The van der Waals surface area contributed by atoms with Gasteiger partial charge in [-0.05, 0) is 50.9 Å². The molecular weight excluding hydrogens is 224 g/mol. The molecule has 18 heavy (non-hydrogen) atoms. The van der Waals surface area contributed by atoms with Crippen LogP contribution >= 0.6 is 0 Å². The monoisotopic (exact) mass is 248 g/mol. The van der Waals surface area contributed by atoms with Gasteiger partial charge in [-0.1, -0.05) is 13.0 Å². The van der Waals surface area contributed by atoms with E-state index in [4.69, 9.17) is 10.5 Å². The number of anilines is 1. The molecule has 0 amide bonds. The number of hydrogen-bond donors (Lipinski definition) is 1. The Bertz CT molecular complexity index is 403. The summed E-state index contributed by atoms with van der Waals surface area (Å²) in [4.78, 5) is 2.44. The first-order chi connectivity index (χ1) is 8.65. The van der Waals surface area contributed by atoms with E-state index in [0.29, 0.717) is 18.7 Å². The van der Waals surface area contributed by atoms with E-state index in [1.165, 1.54) is 11.3 Å². The van der Waals surface area contributed by atoms with Gasteiger partial charge in [-0.2, -0.15) is 0 Å². The molecule has 2 N–H and O–H groups in total. The van der Waals surface area contributed by atoms with Crippen LogP contribution in [0.15, 0.2) is 18.2 Å². The molecule has 100 valence electrons. The van der Waals surface area contributed by atoms with Gasteiger partial charge in [0, 0.05) is 6.04 Å². The summed E-state index contributed by atoms with van der Waals surface area (Å²) in [5, 5.41) is 0. The van der Waals surface area contributed by atoms with Gasteiger partial charge >= 0.3 is 0 Å². The minimum absolute atomic E-state index is 0.306. The van der Waals surface area contributed by atoms with Gasteiger partial charge in [0.25, 0.3) is 0 Å². The predicted octanol–water partition coefficient (Wildman–Crippen LogP) is 2.57. The second-order valence-corrected chi connectivity index (χ2v) is 5.23. The number of nitrogens with two attached hydrogens (primary N) is 1. The largest absolute Gasteiger partial charge is 0.486 e. The fourth-order valence-corrected chi connectivity index (χ4v) is 2.45. The highest BCUT2D eigenvalue weighted by Crippen LogP contribution is 2.36. The van der Waals surface area contributed by atoms with Crippen molar-refractivity contribution in [2.45, 2.75) is 45.8 Å². The van der Waals surface area contributed by atoms with E-state index in [1.54, 1.807) is 0 Å². The van der Waals surface area contributed by atoms with Gasteiger partial charge < -0.3 is 15.4 Å². The van der Waals surface area contributed by atoms with Crippen molar-refractivity contribution in [3.8, 4) is 5.75 Å². The van der Waals surface area contributed by atoms with Gasteiger partial charge in [-0.25, -0.2) is 0 Å². The molecule has 1 aliphatic heterocycles. The van der Waals surface area contributed by atoms with Crippen molar-refractivity contribution in [1.82, 2.24) is 0 Å². The summed E-state index contributed by atoms with van der Waals surface area (Å²) in [5.41, 5.74) is 8.14. The van der Waals surface area contributed by atoms with Crippen molar-refractivity contribution in [1.29, 1.82) is 0 Å². The summed E-state index contributed by atoms with van der Waals surface area (Å²) in [6.45, 7) is 8.32. The fourth-order valence-electron chi connectivity index (χ4n) is 2.45. The lowest BCUT2D eigenvalue weighted by molar-refractivity contribution is 0.186. The second kappa shape index (κ2) is 5.61. The zero-order valence-electron chi connectivity index (χ0n) is 11.6. The van der Waals surface area contributed by atoms with E-state index in [1.807, 2.05) is 0 Å². The van der Waals surface area contributed by atoms with Gasteiger partial charge in [0.2, 0.25) is 0 Å². The molecular formula is C15H24N2O. The van der Waals surface area contributed by atoms with Gasteiger partial charge in [0.15, 0.2) is 0 Å². The average molecular weight is 248 g/mol. The van der Waals surface area contributed by atoms with Crippen molar-refractivity contribution < 1.29 is 4.74 Å². The Morgan fingerprint density at radius 1 is 1.44 bits per heavy atom. The summed E-state index contributed by atoms with van der Waals surface area (Å²) >= 11 is 0. The zero-order chi connectivity index (χ0) is 13.1. The molecule has 1 heterocycles. The van der Waals surface area contributed by atoms with Crippen molar-refractivity contribution in [3.05, 3.63) is 23.8 Å². The highest BCUT2D eigenvalue weighted by Gasteiger charge is 2.26. The normalized spacial score (nSPS) is 18.7. The van der Waals surface area contributed by atoms with Gasteiger partial charge in [-0.3, -0.25) is 0 Å². The van der Waals surface area contributed by atoms with Crippen LogP contribution in [0.5, 0.6) is 5.75 Å². The highest BCUT2D eigenvalue weighted by atomic mass is 16.5. The van der Waals surface area contributed by atoms with Crippen LogP contribution in [-0.4, -0.2) is 25.2 Å². The summed E-state index contributed by atoms with van der Waals surface area (Å²) < 4.78 is 6.02. The fraction of sp³-hybridized carbons (Fsp3) is 0.600. The lowest BCUT2D eigenvalue weighted by Crippen LogP contribution is -2.43. The summed E-state index contributed by atoms with van der Waals surface area (Å²) in [6, 6.07) is 6.95.